The fourth-order valence-electron chi connectivity index (χ4n) is 1.42. The van der Waals surface area contributed by atoms with Crippen LogP contribution in [0.15, 0.2) is 12.1 Å². The van der Waals surface area contributed by atoms with Gasteiger partial charge in [-0.05, 0) is 17.7 Å². The van der Waals surface area contributed by atoms with E-state index in [-0.39, 0.29) is 5.75 Å². The quantitative estimate of drug-likeness (QED) is 0.733. The molecular formula is C12H14BrF3O3. The minimum atomic E-state index is -4.25. The maximum absolute atomic E-state index is 12.1. The first kappa shape index (κ1) is 15.9. The van der Waals surface area contributed by atoms with E-state index >= 15 is 0 Å². The van der Waals surface area contributed by atoms with Crippen LogP contribution in [-0.4, -0.2) is 27.0 Å². The Bertz CT molecular complexity index is 396. The molecule has 0 radical (unpaired) electrons. The van der Waals surface area contributed by atoms with Gasteiger partial charge in [0.1, 0.15) is 0 Å². The lowest BCUT2D eigenvalue weighted by molar-refractivity contribution is -0.139. The predicted octanol–water partition coefficient (Wildman–Crippen LogP) is 3.93. The number of hydrogen-bond donors (Lipinski definition) is 0. The van der Waals surface area contributed by atoms with Crippen LogP contribution in [0.3, 0.4) is 0 Å². The molecule has 0 spiro atoms. The molecule has 1 rings (SSSR count). The minimum absolute atomic E-state index is 0.180. The Kier molecular flexibility index (Phi) is 5.78. The van der Waals surface area contributed by atoms with E-state index in [2.05, 4.69) is 15.9 Å². The fourth-order valence-corrected chi connectivity index (χ4v) is 1.75. The Morgan fingerprint density at radius 2 is 1.63 bits per heavy atom. The molecule has 7 heteroatoms. The molecule has 0 aliphatic rings. The molecule has 0 fully saturated rings. The summed E-state index contributed by atoms with van der Waals surface area (Å²) in [4.78, 5) is 0. The van der Waals surface area contributed by atoms with Crippen LogP contribution in [0.2, 0.25) is 0 Å². The van der Waals surface area contributed by atoms with E-state index in [1.165, 1.54) is 14.2 Å². The first-order chi connectivity index (χ1) is 8.91. The summed E-state index contributed by atoms with van der Waals surface area (Å²) in [5.41, 5.74) is 0.872. The van der Waals surface area contributed by atoms with Crippen molar-refractivity contribution in [2.45, 2.75) is 17.9 Å². The van der Waals surface area contributed by atoms with Crippen molar-refractivity contribution in [3.63, 3.8) is 0 Å². The minimum Gasteiger partial charge on any atom is -0.493 e. The number of benzene rings is 1. The van der Waals surface area contributed by atoms with Crippen LogP contribution in [0.25, 0.3) is 0 Å². The molecule has 0 aliphatic carbocycles. The highest BCUT2D eigenvalue weighted by atomic mass is 79.9. The van der Waals surface area contributed by atoms with Gasteiger partial charge in [-0.1, -0.05) is 15.9 Å². The molecule has 108 valence electrons. The Balaban J connectivity index is 2.91. The van der Waals surface area contributed by atoms with Crippen molar-refractivity contribution >= 4 is 15.9 Å². The first-order valence-electron chi connectivity index (χ1n) is 5.41. The molecule has 1 aromatic carbocycles. The maximum Gasteiger partial charge on any atom is 0.392 e. The van der Waals surface area contributed by atoms with Crippen molar-refractivity contribution in [1.29, 1.82) is 0 Å². The van der Waals surface area contributed by atoms with Crippen LogP contribution in [-0.2, 0) is 5.33 Å². The van der Waals surface area contributed by atoms with Crippen LogP contribution in [0.5, 0.6) is 17.2 Å². The number of ether oxygens (including phenoxy) is 3. The van der Waals surface area contributed by atoms with Gasteiger partial charge in [-0.15, -0.1) is 0 Å². The fraction of sp³-hybridized carbons (Fsp3) is 0.500. The van der Waals surface area contributed by atoms with Gasteiger partial charge in [0, 0.05) is 5.33 Å². The molecule has 3 nitrogen and oxygen atoms in total. The molecule has 0 unspecified atom stereocenters. The first-order valence-corrected chi connectivity index (χ1v) is 6.54. The smallest absolute Gasteiger partial charge is 0.392 e. The van der Waals surface area contributed by atoms with E-state index in [1.807, 2.05) is 0 Å². The zero-order valence-corrected chi connectivity index (χ0v) is 12.1. The third kappa shape index (κ3) is 4.81. The molecular weight excluding hydrogens is 329 g/mol. The van der Waals surface area contributed by atoms with E-state index in [1.54, 1.807) is 12.1 Å². The highest BCUT2D eigenvalue weighted by Gasteiger charge is 2.27. The van der Waals surface area contributed by atoms with Crippen molar-refractivity contribution in [3.8, 4) is 17.2 Å². The third-order valence-corrected chi connectivity index (χ3v) is 2.95. The molecule has 19 heavy (non-hydrogen) atoms. The lowest BCUT2D eigenvalue weighted by atomic mass is 10.2. The van der Waals surface area contributed by atoms with Gasteiger partial charge < -0.3 is 14.2 Å². The van der Waals surface area contributed by atoms with Gasteiger partial charge in [0.2, 0.25) is 5.75 Å². The van der Waals surface area contributed by atoms with Gasteiger partial charge >= 0.3 is 6.18 Å². The average molecular weight is 343 g/mol. The van der Waals surface area contributed by atoms with E-state index in [9.17, 15) is 13.2 Å². The highest BCUT2D eigenvalue weighted by molar-refractivity contribution is 9.08. The van der Waals surface area contributed by atoms with Crippen LogP contribution in [0.4, 0.5) is 13.2 Å². The van der Waals surface area contributed by atoms with Gasteiger partial charge in [0.15, 0.2) is 11.5 Å². The molecule has 0 amide bonds. The third-order valence-electron chi connectivity index (χ3n) is 2.31. The summed E-state index contributed by atoms with van der Waals surface area (Å²) in [7, 11) is 2.84. The van der Waals surface area contributed by atoms with Gasteiger partial charge in [-0.25, -0.2) is 0 Å². The van der Waals surface area contributed by atoms with E-state index in [0.717, 1.165) is 5.56 Å². The second-order valence-corrected chi connectivity index (χ2v) is 4.24. The molecule has 0 aliphatic heterocycles. The lowest BCUT2D eigenvalue weighted by Gasteiger charge is -2.16. The topological polar surface area (TPSA) is 27.7 Å². The summed E-state index contributed by atoms with van der Waals surface area (Å²) in [6, 6.07) is 3.36. The molecule has 0 saturated heterocycles. The van der Waals surface area contributed by atoms with Gasteiger partial charge in [0.25, 0.3) is 0 Å². The Morgan fingerprint density at radius 3 is 2.00 bits per heavy atom. The van der Waals surface area contributed by atoms with Crippen molar-refractivity contribution in [2.24, 2.45) is 0 Å². The second-order valence-electron chi connectivity index (χ2n) is 3.68. The van der Waals surface area contributed by atoms with Crippen LogP contribution >= 0.6 is 15.9 Å². The zero-order chi connectivity index (χ0) is 14.5. The summed E-state index contributed by atoms with van der Waals surface area (Å²) in [5, 5.41) is 0.572. The van der Waals surface area contributed by atoms with Crippen molar-refractivity contribution in [1.82, 2.24) is 0 Å². The van der Waals surface area contributed by atoms with Crippen molar-refractivity contribution in [3.05, 3.63) is 17.7 Å². The van der Waals surface area contributed by atoms with Crippen LogP contribution < -0.4 is 14.2 Å². The van der Waals surface area contributed by atoms with E-state index < -0.39 is 19.2 Å². The maximum atomic E-state index is 12.1. The summed E-state index contributed by atoms with van der Waals surface area (Å²) in [6.45, 7) is -0.482. The SMILES string of the molecule is COc1cc(CBr)cc(OC)c1OCCC(F)(F)F. The van der Waals surface area contributed by atoms with Crippen LogP contribution in [0, 0.1) is 0 Å². The number of rotatable bonds is 6. The van der Waals surface area contributed by atoms with Gasteiger partial charge in [0.05, 0.1) is 27.2 Å². The monoisotopic (exact) mass is 342 g/mol. The molecule has 0 saturated carbocycles. The molecule has 1 aromatic rings. The molecule has 0 aromatic heterocycles. The molecule has 0 bridgehead atoms. The van der Waals surface area contributed by atoms with Gasteiger partial charge in [-0.2, -0.15) is 13.2 Å². The average Bonchev–Trinajstić information content (AvgIpc) is 2.37. The zero-order valence-electron chi connectivity index (χ0n) is 10.5. The summed E-state index contributed by atoms with van der Waals surface area (Å²) >= 11 is 3.29. The Labute approximate surface area is 117 Å². The van der Waals surface area contributed by atoms with Crippen LogP contribution in [0.1, 0.15) is 12.0 Å². The summed E-state index contributed by atoms with van der Waals surface area (Å²) in [5.74, 6) is 0.867. The number of hydrogen-bond acceptors (Lipinski definition) is 3. The van der Waals surface area contributed by atoms with Crippen molar-refractivity contribution in [2.75, 3.05) is 20.8 Å². The summed E-state index contributed by atoms with van der Waals surface area (Å²) in [6.07, 6.45) is -5.28. The normalized spacial score (nSPS) is 11.3. The number of halogens is 4. The molecule has 0 heterocycles. The standard InChI is InChI=1S/C12H14BrF3O3/c1-17-9-5-8(7-13)6-10(18-2)11(9)19-4-3-12(14,15)16/h5-6H,3-4,7H2,1-2H3. The lowest BCUT2D eigenvalue weighted by Crippen LogP contribution is -2.13. The Hall–Kier alpha value is -1.11. The molecule has 0 atom stereocenters. The van der Waals surface area contributed by atoms with Crippen molar-refractivity contribution < 1.29 is 27.4 Å². The second kappa shape index (κ2) is 6.88. The van der Waals surface area contributed by atoms with E-state index in [0.29, 0.717) is 16.8 Å². The Morgan fingerprint density at radius 1 is 1.11 bits per heavy atom. The number of alkyl halides is 4. The highest BCUT2D eigenvalue weighted by Crippen LogP contribution is 2.39. The summed E-state index contributed by atoms with van der Waals surface area (Å²) < 4.78 is 51.6. The number of methoxy groups -OCH3 is 2. The van der Waals surface area contributed by atoms with E-state index in [4.69, 9.17) is 14.2 Å². The predicted molar refractivity (Wildman–Crippen MR) is 68.3 cm³/mol. The molecule has 0 N–H and O–H groups in total. The van der Waals surface area contributed by atoms with Gasteiger partial charge in [-0.3, -0.25) is 0 Å². The largest absolute Gasteiger partial charge is 0.493 e.